The van der Waals surface area contributed by atoms with Crippen LogP contribution in [-0.4, -0.2) is 27.2 Å². The topological polar surface area (TPSA) is 112 Å². The molecule has 2 atom stereocenters. The first-order valence-electron chi connectivity index (χ1n) is 6.17. The number of carbonyl (C=O) groups is 2. The third-order valence-electron chi connectivity index (χ3n) is 3.35. The Morgan fingerprint density at radius 1 is 1.26 bits per heavy atom. The van der Waals surface area contributed by atoms with E-state index in [4.69, 9.17) is 5.11 Å². The van der Waals surface area contributed by atoms with Crippen LogP contribution in [0.3, 0.4) is 0 Å². The molecule has 1 aromatic rings. The maximum absolute atomic E-state index is 12.1. The number of carbonyl (C=O) groups excluding carboxylic acids is 1. The van der Waals surface area contributed by atoms with Gasteiger partial charge in [-0.2, -0.15) is 5.10 Å². The van der Waals surface area contributed by atoms with Gasteiger partial charge in [-0.15, -0.1) is 0 Å². The van der Waals surface area contributed by atoms with E-state index >= 15 is 0 Å². The lowest BCUT2D eigenvalue weighted by Gasteiger charge is -2.27. The van der Waals surface area contributed by atoms with Gasteiger partial charge in [0.25, 0.3) is 5.56 Å². The van der Waals surface area contributed by atoms with Crippen LogP contribution in [0.1, 0.15) is 25.7 Å². The van der Waals surface area contributed by atoms with Gasteiger partial charge in [0.1, 0.15) is 0 Å². The van der Waals surface area contributed by atoms with Gasteiger partial charge in [-0.05, 0) is 18.9 Å². The van der Waals surface area contributed by atoms with Gasteiger partial charge in [-0.25, -0.2) is 5.10 Å². The highest BCUT2D eigenvalue weighted by molar-refractivity contribution is 5.94. The second-order valence-electron chi connectivity index (χ2n) is 4.63. The molecule has 2 rings (SSSR count). The zero-order valence-electron chi connectivity index (χ0n) is 10.3. The quantitative estimate of drug-likeness (QED) is 0.740. The van der Waals surface area contributed by atoms with Crippen molar-refractivity contribution in [3.05, 3.63) is 22.5 Å². The molecule has 1 heterocycles. The van der Waals surface area contributed by atoms with Crippen molar-refractivity contribution in [3.63, 3.8) is 0 Å². The van der Waals surface area contributed by atoms with Crippen LogP contribution in [0.25, 0.3) is 0 Å². The van der Waals surface area contributed by atoms with Gasteiger partial charge in [0.2, 0.25) is 5.91 Å². The summed E-state index contributed by atoms with van der Waals surface area (Å²) in [6.07, 6.45) is 2.76. The molecule has 0 aliphatic heterocycles. The van der Waals surface area contributed by atoms with Crippen molar-refractivity contribution in [2.75, 3.05) is 5.32 Å². The van der Waals surface area contributed by atoms with Crippen LogP contribution in [-0.2, 0) is 9.59 Å². The number of hydrogen-bond acceptors (Lipinski definition) is 4. The van der Waals surface area contributed by atoms with Crippen molar-refractivity contribution in [3.8, 4) is 0 Å². The molecule has 0 saturated heterocycles. The predicted octanol–water partition coefficient (Wildman–Crippen LogP) is 0.599. The van der Waals surface area contributed by atoms with E-state index in [-0.39, 0.29) is 17.3 Å². The van der Waals surface area contributed by atoms with Crippen LogP contribution in [0.5, 0.6) is 0 Å². The largest absolute Gasteiger partial charge is 0.481 e. The fraction of sp³-hybridized carbons (Fsp3) is 0.500. The number of rotatable bonds is 3. The molecule has 1 amide bonds. The van der Waals surface area contributed by atoms with E-state index in [1.54, 1.807) is 0 Å². The summed E-state index contributed by atoms with van der Waals surface area (Å²) in [5, 5.41) is 17.5. The van der Waals surface area contributed by atoms with Crippen LogP contribution < -0.4 is 10.9 Å². The highest BCUT2D eigenvalue weighted by Crippen LogP contribution is 2.31. The molecule has 1 aliphatic rings. The SMILES string of the molecule is O=C(O)C1CCCCC1C(=O)Nc1ccc(=O)[nH]n1. The standard InChI is InChI=1S/C12H15N3O4/c16-10-6-5-9(14-15-10)13-11(17)7-3-1-2-4-8(7)12(18)19/h5-8H,1-4H2,(H,15,16)(H,18,19)(H,13,14,17). The Morgan fingerprint density at radius 2 is 1.95 bits per heavy atom. The molecular weight excluding hydrogens is 250 g/mol. The van der Waals surface area contributed by atoms with Crippen LogP contribution in [0, 0.1) is 11.8 Å². The number of anilines is 1. The number of nitrogens with one attached hydrogen (secondary N) is 2. The monoisotopic (exact) mass is 265 g/mol. The molecule has 7 nitrogen and oxygen atoms in total. The molecular formula is C12H15N3O4. The number of amides is 1. The number of carboxylic acids is 1. The van der Waals surface area contributed by atoms with Gasteiger partial charge in [0.15, 0.2) is 5.82 Å². The molecule has 2 unspecified atom stereocenters. The first kappa shape index (κ1) is 13.3. The van der Waals surface area contributed by atoms with E-state index in [0.717, 1.165) is 12.8 Å². The Hall–Kier alpha value is -2.18. The summed E-state index contributed by atoms with van der Waals surface area (Å²) >= 11 is 0. The Labute approximate surface area is 109 Å². The Kier molecular flexibility index (Phi) is 3.94. The lowest BCUT2D eigenvalue weighted by Crippen LogP contribution is -2.36. The number of aromatic nitrogens is 2. The number of aromatic amines is 1. The van der Waals surface area contributed by atoms with Crippen molar-refractivity contribution in [1.29, 1.82) is 0 Å². The van der Waals surface area contributed by atoms with E-state index in [1.807, 2.05) is 0 Å². The number of nitrogens with zero attached hydrogens (tertiary/aromatic N) is 1. The molecule has 19 heavy (non-hydrogen) atoms. The fourth-order valence-corrected chi connectivity index (χ4v) is 2.37. The highest BCUT2D eigenvalue weighted by Gasteiger charge is 2.35. The molecule has 102 valence electrons. The van der Waals surface area contributed by atoms with Crippen LogP contribution in [0.4, 0.5) is 5.82 Å². The minimum atomic E-state index is -0.936. The van der Waals surface area contributed by atoms with Gasteiger partial charge in [-0.1, -0.05) is 12.8 Å². The smallest absolute Gasteiger partial charge is 0.307 e. The van der Waals surface area contributed by atoms with E-state index in [1.165, 1.54) is 12.1 Å². The Morgan fingerprint density at radius 3 is 2.53 bits per heavy atom. The van der Waals surface area contributed by atoms with Gasteiger partial charge in [0.05, 0.1) is 11.8 Å². The maximum Gasteiger partial charge on any atom is 0.307 e. The second kappa shape index (κ2) is 5.64. The van der Waals surface area contributed by atoms with Crippen LogP contribution in [0.15, 0.2) is 16.9 Å². The van der Waals surface area contributed by atoms with Crippen LogP contribution in [0.2, 0.25) is 0 Å². The van der Waals surface area contributed by atoms with E-state index < -0.39 is 17.8 Å². The molecule has 0 aromatic carbocycles. The van der Waals surface area contributed by atoms with Gasteiger partial charge in [0, 0.05) is 6.07 Å². The summed E-state index contributed by atoms with van der Waals surface area (Å²) in [4.78, 5) is 34.0. The molecule has 7 heteroatoms. The number of aliphatic carboxylic acids is 1. The molecule has 1 saturated carbocycles. The lowest BCUT2D eigenvalue weighted by atomic mass is 9.79. The average Bonchev–Trinajstić information content (AvgIpc) is 2.41. The highest BCUT2D eigenvalue weighted by atomic mass is 16.4. The van der Waals surface area contributed by atoms with Crippen LogP contribution >= 0.6 is 0 Å². The third-order valence-corrected chi connectivity index (χ3v) is 3.35. The summed E-state index contributed by atoms with van der Waals surface area (Å²) in [6.45, 7) is 0. The summed E-state index contributed by atoms with van der Waals surface area (Å²) in [6, 6.07) is 2.63. The minimum Gasteiger partial charge on any atom is -0.481 e. The first-order valence-corrected chi connectivity index (χ1v) is 6.17. The van der Waals surface area contributed by atoms with Crippen molar-refractivity contribution < 1.29 is 14.7 Å². The Balaban J connectivity index is 2.07. The van der Waals surface area contributed by atoms with Crippen molar-refractivity contribution in [1.82, 2.24) is 10.2 Å². The number of carboxylic acid groups (broad SMARTS) is 1. The normalized spacial score (nSPS) is 22.7. The van der Waals surface area contributed by atoms with Crippen molar-refractivity contribution >= 4 is 17.7 Å². The van der Waals surface area contributed by atoms with Crippen molar-refractivity contribution in [2.45, 2.75) is 25.7 Å². The second-order valence-corrected chi connectivity index (χ2v) is 4.63. The molecule has 1 aliphatic carbocycles. The molecule has 1 aromatic heterocycles. The average molecular weight is 265 g/mol. The molecule has 0 spiro atoms. The van der Waals surface area contributed by atoms with E-state index in [2.05, 4.69) is 15.5 Å². The zero-order valence-corrected chi connectivity index (χ0v) is 10.3. The predicted molar refractivity (Wildman–Crippen MR) is 66.6 cm³/mol. The van der Waals surface area contributed by atoms with E-state index in [0.29, 0.717) is 12.8 Å². The number of hydrogen-bond donors (Lipinski definition) is 3. The summed E-state index contributed by atoms with van der Waals surface area (Å²) in [5.74, 6) is -2.25. The van der Waals surface area contributed by atoms with Gasteiger partial charge >= 0.3 is 5.97 Å². The van der Waals surface area contributed by atoms with Gasteiger partial charge < -0.3 is 10.4 Å². The molecule has 0 bridgehead atoms. The van der Waals surface area contributed by atoms with E-state index in [9.17, 15) is 14.4 Å². The summed E-state index contributed by atoms with van der Waals surface area (Å²) < 4.78 is 0. The number of H-pyrrole nitrogens is 1. The maximum atomic E-state index is 12.1. The third kappa shape index (κ3) is 3.18. The van der Waals surface area contributed by atoms with Gasteiger partial charge in [-0.3, -0.25) is 14.4 Å². The minimum absolute atomic E-state index is 0.222. The molecule has 0 radical (unpaired) electrons. The Bertz CT molecular complexity index is 520. The summed E-state index contributed by atoms with van der Waals surface area (Å²) in [7, 11) is 0. The zero-order chi connectivity index (χ0) is 13.8. The lowest BCUT2D eigenvalue weighted by molar-refractivity contribution is -0.147. The first-order chi connectivity index (χ1) is 9.08. The molecule has 1 fully saturated rings. The molecule has 3 N–H and O–H groups in total. The summed E-state index contributed by atoms with van der Waals surface area (Å²) in [5.41, 5.74) is -0.362. The fourth-order valence-electron chi connectivity index (χ4n) is 2.37. The van der Waals surface area contributed by atoms with Crippen molar-refractivity contribution in [2.24, 2.45) is 11.8 Å².